The van der Waals surface area contributed by atoms with E-state index in [0.717, 1.165) is 57.0 Å². The van der Waals surface area contributed by atoms with Crippen LogP contribution < -0.4 is 15.4 Å². The summed E-state index contributed by atoms with van der Waals surface area (Å²) in [6.07, 6.45) is 10.8. The van der Waals surface area contributed by atoms with Gasteiger partial charge in [-0.1, -0.05) is 18.2 Å². The first-order valence-corrected chi connectivity index (χ1v) is 11.0. The van der Waals surface area contributed by atoms with Crippen LogP contribution in [0.3, 0.4) is 0 Å². The maximum absolute atomic E-state index is 6.49. The van der Waals surface area contributed by atoms with Gasteiger partial charge in [0.25, 0.3) is 0 Å². The van der Waals surface area contributed by atoms with Crippen molar-refractivity contribution < 1.29 is 4.74 Å². The van der Waals surface area contributed by atoms with Gasteiger partial charge in [0.05, 0.1) is 12.2 Å². The number of aryl methyl sites for hydroxylation is 2. The van der Waals surface area contributed by atoms with Gasteiger partial charge >= 0.3 is 0 Å². The van der Waals surface area contributed by atoms with Crippen LogP contribution in [0, 0.1) is 6.92 Å². The first-order valence-electron chi connectivity index (χ1n) is 11.0. The lowest BCUT2D eigenvalue weighted by atomic mass is 9.86. The third kappa shape index (κ3) is 4.74. The number of aliphatic imine (C=N–C) groups is 1. The second-order valence-electron chi connectivity index (χ2n) is 8.33. The average molecular weight is 396 g/mol. The van der Waals surface area contributed by atoms with Crippen LogP contribution in [0.5, 0.6) is 5.75 Å². The van der Waals surface area contributed by atoms with Crippen molar-refractivity contribution in [2.24, 2.45) is 4.99 Å². The quantitative estimate of drug-likeness (QED) is 0.441. The van der Waals surface area contributed by atoms with Crippen LogP contribution in [0.25, 0.3) is 0 Å². The Hall–Kier alpha value is -2.50. The number of rotatable bonds is 6. The van der Waals surface area contributed by atoms with Crippen LogP contribution >= 0.6 is 0 Å². The monoisotopic (exact) mass is 395 g/mol. The number of guanidine groups is 1. The molecule has 2 heterocycles. The van der Waals surface area contributed by atoms with Crippen molar-refractivity contribution in [2.45, 2.75) is 70.6 Å². The third-order valence-electron chi connectivity index (χ3n) is 5.94. The maximum atomic E-state index is 6.49. The van der Waals surface area contributed by atoms with Crippen LogP contribution in [-0.4, -0.2) is 34.4 Å². The van der Waals surface area contributed by atoms with E-state index in [1.165, 1.54) is 24.0 Å². The summed E-state index contributed by atoms with van der Waals surface area (Å²) in [4.78, 5) is 4.83. The van der Waals surface area contributed by atoms with Crippen molar-refractivity contribution in [3.63, 3.8) is 0 Å². The topological polar surface area (TPSA) is 63.5 Å². The molecule has 1 aliphatic heterocycles. The molecule has 1 fully saturated rings. The van der Waals surface area contributed by atoms with Crippen LogP contribution in [0.4, 0.5) is 0 Å². The lowest BCUT2D eigenvalue weighted by Crippen LogP contribution is -2.46. The van der Waals surface area contributed by atoms with Crippen molar-refractivity contribution in [3.8, 4) is 5.75 Å². The zero-order valence-electron chi connectivity index (χ0n) is 17.7. The molecule has 1 aromatic carbocycles. The molecular weight excluding hydrogens is 362 g/mol. The highest BCUT2D eigenvalue weighted by Crippen LogP contribution is 2.46. The molecular formula is C23H33N5O. The number of hydrogen-bond acceptors (Lipinski definition) is 3. The van der Waals surface area contributed by atoms with Crippen LogP contribution in [0.2, 0.25) is 0 Å². The first kappa shape index (κ1) is 19.8. The molecule has 1 saturated carbocycles. The van der Waals surface area contributed by atoms with Crippen molar-refractivity contribution in [2.75, 3.05) is 13.1 Å². The van der Waals surface area contributed by atoms with Gasteiger partial charge in [-0.05, 0) is 57.6 Å². The molecule has 2 aromatic rings. The SMILES string of the molecule is CCNC(=NCCCn1cc(C)cn1)NC1CC2(CCCC2)Oc2ccccc21. The number of aromatic nitrogens is 2. The Kier molecular flexibility index (Phi) is 6.07. The number of para-hydroxylation sites is 1. The summed E-state index contributed by atoms with van der Waals surface area (Å²) in [7, 11) is 0. The van der Waals surface area contributed by atoms with Crippen LogP contribution in [0.1, 0.15) is 62.6 Å². The van der Waals surface area contributed by atoms with E-state index in [-0.39, 0.29) is 11.6 Å². The number of nitrogens with one attached hydrogen (secondary N) is 2. The number of fused-ring (bicyclic) bond motifs is 1. The summed E-state index contributed by atoms with van der Waals surface area (Å²) in [5.74, 6) is 1.92. The number of hydrogen-bond donors (Lipinski definition) is 2. The number of benzene rings is 1. The van der Waals surface area contributed by atoms with Crippen molar-refractivity contribution in [3.05, 3.63) is 47.8 Å². The van der Waals surface area contributed by atoms with Gasteiger partial charge < -0.3 is 15.4 Å². The Labute approximate surface area is 173 Å². The van der Waals surface area contributed by atoms with Crippen molar-refractivity contribution in [1.82, 2.24) is 20.4 Å². The fraction of sp³-hybridized carbons (Fsp3) is 0.565. The summed E-state index contributed by atoms with van der Waals surface area (Å²) in [6.45, 7) is 6.68. The maximum Gasteiger partial charge on any atom is 0.191 e. The second kappa shape index (κ2) is 8.89. The van der Waals surface area contributed by atoms with Crippen LogP contribution in [-0.2, 0) is 6.54 Å². The van der Waals surface area contributed by atoms with E-state index < -0.39 is 0 Å². The molecule has 0 bridgehead atoms. The molecule has 1 unspecified atom stereocenters. The number of ether oxygens (including phenoxy) is 1. The molecule has 2 aliphatic rings. The predicted octanol–water partition coefficient (Wildman–Crippen LogP) is 3.97. The Morgan fingerprint density at radius 2 is 2.14 bits per heavy atom. The van der Waals surface area contributed by atoms with Gasteiger partial charge in [-0.15, -0.1) is 0 Å². The average Bonchev–Trinajstić information content (AvgIpc) is 3.34. The summed E-state index contributed by atoms with van der Waals surface area (Å²) in [5.41, 5.74) is 2.42. The lowest BCUT2D eigenvalue weighted by molar-refractivity contribution is 0.0396. The molecule has 156 valence electrons. The standard InChI is InChI=1S/C23H33N5O/c1-3-24-22(25-13-8-14-28-17-18(2)16-26-28)27-20-15-23(11-6-7-12-23)29-21-10-5-4-9-19(20)21/h4-5,9-10,16-17,20H,3,6-8,11-15H2,1-2H3,(H2,24,25,27). The fourth-order valence-electron chi connectivity index (χ4n) is 4.57. The molecule has 0 amide bonds. The Morgan fingerprint density at radius 1 is 1.31 bits per heavy atom. The van der Waals surface area contributed by atoms with Gasteiger partial charge in [0.2, 0.25) is 0 Å². The van der Waals surface area contributed by atoms with E-state index in [4.69, 9.17) is 9.73 Å². The largest absolute Gasteiger partial charge is 0.487 e. The summed E-state index contributed by atoms with van der Waals surface area (Å²) in [6, 6.07) is 8.68. The minimum absolute atomic E-state index is 0.0126. The summed E-state index contributed by atoms with van der Waals surface area (Å²) in [5, 5.41) is 11.5. The number of nitrogens with zero attached hydrogens (tertiary/aromatic N) is 3. The minimum atomic E-state index is -0.0126. The lowest BCUT2D eigenvalue weighted by Gasteiger charge is -2.40. The molecule has 2 N–H and O–H groups in total. The van der Waals surface area contributed by atoms with E-state index in [0.29, 0.717) is 0 Å². The highest BCUT2D eigenvalue weighted by atomic mass is 16.5. The molecule has 1 aliphatic carbocycles. The van der Waals surface area contributed by atoms with Crippen molar-refractivity contribution >= 4 is 5.96 Å². The first-order chi connectivity index (χ1) is 14.2. The minimum Gasteiger partial charge on any atom is -0.487 e. The molecule has 6 nitrogen and oxygen atoms in total. The Balaban J connectivity index is 1.43. The Morgan fingerprint density at radius 3 is 2.90 bits per heavy atom. The molecule has 1 atom stereocenters. The van der Waals surface area contributed by atoms with Crippen LogP contribution in [0.15, 0.2) is 41.7 Å². The molecule has 0 radical (unpaired) electrons. The molecule has 6 heteroatoms. The van der Waals surface area contributed by atoms with Gasteiger partial charge in [0.15, 0.2) is 5.96 Å². The van der Waals surface area contributed by atoms with Gasteiger partial charge in [-0.2, -0.15) is 5.10 Å². The molecule has 1 spiro atoms. The molecule has 1 aromatic heterocycles. The summed E-state index contributed by atoms with van der Waals surface area (Å²) < 4.78 is 8.48. The van der Waals surface area contributed by atoms with Gasteiger partial charge in [-0.25, -0.2) is 0 Å². The van der Waals surface area contributed by atoms with E-state index in [2.05, 4.69) is 60.0 Å². The molecule has 0 saturated heterocycles. The third-order valence-corrected chi connectivity index (χ3v) is 5.94. The van der Waals surface area contributed by atoms with E-state index in [1.807, 2.05) is 10.9 Å². The van der Waals surface area contributed by atoms with Gasteiger partial charge in [0, 0.05) is 37.8 Å². The van der Waals surface area contributed by atoms with Gasteiger partial charge in [-0.3, -0.25) is 9.67 Å². The second-order valence-corrected chi connectivity index (χ2v) is 8.33. The predicted molar refractivity (Wildman–Crippen MR) is 116 cm³/mol. The Bertz CT molecular complexity index is 837. The van der Waals surface area contributed by atoms with E-state index in [1.54, 1.807) is 0 Å². The zero-order chi connectivity index (χ0) is 20.1. The molecule has 4 rings (SSSR count). The zero-order valence-corrected chi connectivity index (χ0v) is 17.7. The van der Waals surface area contributed by atoms with E-state index in [9.17, 15) is 0 Å². The highest BCUT2D eigenvalue weighted by Gasteiger charge is 2.43. The van der Waals surface area contributed by atoms with Gasteiger partial charge in [0.1, 0.15) is 11.4 Å². The van der Waals surface area contributed by atoms with E-state index >= 15 is 0 Å². The highest BCUT2D eigenvalue weighted by molar-refractivity contribution is 5.80. The molecule has 29 heavy (non-hydrogen) atoms. The normalized spacial score (nSPS) is 20.3. The summed E-state index contributed by atoms with van der Waals surface area (Å²) >= 11 is 0. The smallest absolute Gasteiger partial charge is 0.191 e. The fourth-order valence-corrected chi connectivity index (χ4v) is 4.57. The van der Waals surface area contributed by atoms with Crippen molar-refractivity contribution in [1.29, 1.82) is 0 Å².